The van der Waals surface area contributed by atoms with Crippen molar-refractivity contribution in [2.24, 2.45) is 0 Å². The van der Waals surface area contributed by atoms with E-state index >= 15 is 0 Å². The quantitative estimate of drug-likeness (QED) is 0.467. The highest BCUT2D eigenvalue weighted by atomic mass is 13.7. The summed E-state index contributed by atoms with van der Waals surface area (Å²) in [6.45, 7) is 21.4. The van der Waals surface area contributed by atoms with Crippen molar-refractivity contribution in [3.63, 3.8) is 0 Å². The summed E-state index contributed by atoms with van der Waals surface area (Å²) in [6.07, 6.45) is 4.22. The van der Waals surface area contributed by atoms with Gasteiger partial charge in [-0.3, -0.25) is 0 Å². The lowest BCUT2D eigenvalue weighted by molar-refractivity contribution is 1.09. The number of hydrogen-bond donors (Lipinski definition) is 0. The summed E-state index contributed by atoms with van der Waals surface area (Å²) in [6, 6.07) is 0. The van der Waals surface area contributed by atoms with Gasteiger partial charge in [-0.05, 0) is 6.92 Å². The van der Waals surface area contributed by atoms with Crippen molar-refractivity contribution in [2.75, 3.05) is 0 Å². The molecule has 0 N–H and O–H groups in total. The molecule has 0 aromatic rings. The summed E-state index contributed by atoms with van der Waals surface area (Å²) in [4.78, 5) is 0. The Morgan fingerprint density at radius 2 is 1.08 bits per heavy atom. The van der Waals surface area contributed by atoms with E-state index in [2.05, 4.69) is 40.9 Å². The first kappa shape index (κ1) is 22.9. The Kier molecular flexibility index (Phi) is 73.9. The number of hydrogen-bond acceptors (Lipinski definition) is 0. The smallest absolute Gasteiger partial charge is 0.0404 e. The summed E-state index contributed by atoms with van der Waals surface area (Å²) in [5, 5.41) is 0. The zero-order valence-corrected chi connectivity index (χ0v) is 10.9. The minimum atomic E-state index is 1.02. The minimum absolute atomic E-state index is 1.02. The molecule has 0 aromatic carbocycles. The molecular weight excluding hydrogens is 156 g/mol. The van der Waals surface area contributed by atoms with Gasteiger partial charge in [-0.25, -0.2) is 0 Å². The molecule has 0 saturated carbocycles. The summed E-state index contributed by atoms with van der Waals surface area (Å²) in [5.41, 5.74) is 1.02. The molecule has 0 spiro atoms. The topological polar surface area (TPSA) is 0 Å². The molecule has 0 fully saturated rings. The van der Waals surface area contributed by atoms with Crippen molar-refractivity contribution in [2.45, 2.75) is 61.3 Å². The van der Waals surface area contributed by atoms with Crippen LogP contribution in [0.15, 0.2) is 24.8 Å². The van der Waals surface area contributed by atoms with Crippen LogP contribution in [-0.4, -0.2) is 0 Å². The lowest BCUT2D eigenvalue weighted by atomic mass is 10.4. The maximum absolute atomic E-state index is 3.56. The number of allylic oxidation sites excluding steroid dienone is 2. The molecule has 0 amide bonds. The fourth-order valence-electron chi connectivity index (χ4n) is 0. The standard InChI is InChI=1S/C5H8.2C3H8.C2H6/c1-4-5(2)3;2*1-3-2;1-2/h4H,1-2H2,3H3;2*3H2,1-2H3;1-2H3. The van der Waals surface area contributed by atoms with Crippen LogP contribution in [0.4, 0.5) is 0 Å². The van der Waals surface area contributed by atoms with E-state index in [9.17, 15) is 0 Å². The maximum atomic E-state index is 3.56. The highest BCUT2D eigenvalue weighted by molar-refractivity contribution is 5.05. The SMILES string of the molecule is C=CC(=C)C.CC.CCC.CCC. The van der Waals surface area contributed by atoms with E-state index in [4.69, 9.17) is 0 Å². The van der Waals surface area contributed by atoms with Gasteiger partial charge in [0.2, 0.25) is 0 Å². The van der Waals surface area contributed by atoms with Gasteiger partial charge in [0.15, 0.2) is 0 Å². The van der Waals surface area contributed by atoms with E-state index in [-0.39, 0.29) is 0 Å². The second kappa shape index (κ2) is 42.0. The molecule has 0 rings (SSSR count). The highest BCUT2D eigenvalue weighted by Gasteiger charge is 1.59. The Labute approximate surface area is 86.8 Å². The molecule has 0 radical (unpaired) electrons. The first-order valence-corrected chi connectivity index (χ1v) is 5.38. The van der Waals surface area contributed by atoms with Crippen LogP contribution in [0.2, 0.25) is 0 Å². The Morgan fingerprint density at radius 1 is 1.00 bits per heavy atom. The largest absolute Gasteiger partial charge is 0.0988 e. The molecule has 0 nitrogen and oxygen atoms in total. The lowest BCUT2D eigenvalue weighted by Gasteiger charge is -1.71. The molecule has 13 heavy (non-hydrogen) atoms. The molecule has 0 aromatic heterocycles. The summed E-state index contributed by atoms with van der Waals surface area (Å²) >= 11 is 0. The Balaban J connectivity index is -0.0000000446. The van der Waals surface area contributed by atoms with Crippen LogP contribution >= 0.6 is 0 Å². The van der Waals surface area contributed by atoms with Crippen LogP contribution in [0.1, 0.15) is 61.3 Å². The summed E-state index contributed by atoms with van der Waals surface area (Å²) in [7, 11) is 0. The van der Waals surface area contributed by atoms with E-state index in [0.717, 1.165) is 5.57 Å². The van der Waals surface area contributed by atoms with Gasteiger partial charge < -0.3 is 0 Å². The monoisotopic (exact) mass is 186 g/mol. The molecule has 0 unspecified atom stereocenters. The highest BCUT2D eigenvalue weighted by Crippen LogP contribution is 1.81. The molecule has 0 aliphatic carbocycles. The van der Waals surface area contributed by atoms with E-state index in [1.807, 2.05) is 20.8 Å². The van der Waals surface area contributed by atoms with Crippen LogP contribution < -0.4 is 0 Å². The van der Waals surface area contributed by atoms with Gasteiger partial charge in [-0.15, -0.1) is 0 Å². The Bertz CT molecular complexity index is 68.1. The van der Waals surface area contributed by atoms with E-state index in [1.54, 1.807) is 6.08 Å². The third-order valence-electron chi connectivity index (χ3n) is 0.348. The van der Waals surface area contributed by atoms with Crippen LogP contribution in [0.5, 0.6) is 0 Å². The van der Waals surface area contributed by atoms with Gasteiger partial charge in [0, 0.05) is 0 Å². The van der Waals surface area contributed by atoms with Gasteiger partial charge >= 0.3 is 0 Å². The van der Waals surface area contributed by atoms with Crippen molar-refractivity contribution < 1.29 is 0 Å². The first-order valence-electron chi connectivity index (χ1n) is 5.38. The predicted molar refractivity (Wildman–Crippen MR) is 68.3 cm³/mol. The molecule has 0 heterocycles. The molecule has 0 bridgehead atoms. The van der Waals surface area contributed by atoms with Crippen molar-refractivity contribution in [1.29, 1.82) is 0 Å². The van der Waals surface area contributed by atoms with Crippen molar-refractivity contribution >= 4 is 0 Å². The van der Waals surface area contributed by atoms with Crippen LogP contribution in [0.25, 0.3) is 0 Å². The van der Waals surface area contributed by atoms with E-state index in [1.165, 1.54) is 12.8 Å². The zero-order valence-electron chi connectivity index (χ0n) is 10.9. The summed E-state index contributed by atoms with van der Waals surface area (Å²) in [5.74, 6) is 0. The second-order valence-corrected chi connectivity index (χ2v) is 2.46. The fourth-order valence-corrected chi connectivity index (χ4v) is 0. The van der Waals surface area contributed by atoms with Crippen molar-refractivity contribution in [3.8, 4) is 0 Å². The molecular formula is C13H30. The first-order chi connectivity index (χ1) is 6.10. The van der Waals surface area contributed by atoms with E-state index < -0.39 is 0 Å². The molecule has 0 saturated heterocycles. The normalized spacial score (nSPS) is 5.77. The van der Waals surface area contributed by atoms with Gasteiger partial charge in [-0.2, -0.15) is 0 Å². The predicted octanol–water partition coefficient (Wildman–Crippen LogP) is 5.61. The minimum Gasteiger partial charge on any atom is -0.0988 e. The molecule has 0 aliphatic heterocycles. The lowest BCUT2D eigenvalue weighted by Crippen LogP contribution is -1.50. The molecule has 0 heteroatoms. The fraction of sp³-hybridized carbons (Fsp3) is 0.692. The second-order valence-electron chi connectivity index (χ2n) is 2.46. The third kappa shape index (κ3) is 471. The van der Waals surface area contributed by atoms with Crippen molar-refractivity contribution in [1.82, 2.24) is 0 Å². The van der Waals surface area contributed by atoms with Crippen LogP contribution in [-0.2, 0) is 0 Å². The molecule has 82 valence electrons. The van der Waals surface area contributed by atoms with Crippen LogP contribution in [0.3, 0.4) is 0 Å². The van der Waals surface area contributed by atoms with E-state index in [0.29, 0.717) is 0 Å². The van der Waals surface area contributed by atoms with Crippen molar-refractivity contribution in [3.05, 3.63) is 24.8 Å². The molecule has 0 aliphatic rings. The maximum Gasteiger partial charge on any atom is -0.0404 e. The van der Waals surface area contributed by atoms with Gasteiger partial charge in [-0.1, -0.05) is 79.2 Å². The van der Waals surface area contributed by atoms with Crippen LogP contribution in [0, 0.1) is 0 Å². The van der Waals surface area contributed by atoms with Gasteiger partial charge in [0.05, 0.1) is 0 Å². The number of rotatable bonds is 1. The Hall–Kier alpha value is -0.520. The summed E-state index contributed by atoms with van der Waals surface area (Å²) < 4.78 is 0. The average molecular weight is 186 g/mol. The third-order valence-corrected chi connectivity index (χ3v) is 0.348. The molecule has 0 atom stereocenters. The van der Waals surface area contributed by atoms with Gasteiger partial charge in [0.1, 0.15) is 0 Å². The average Bonchev–Trinajstić information content (AvgIpc) is 2.11. The Morgan fingerprint density at radius 3 is 1.08 bits per heavy atom. The van der Waals surface area contributed by atoms with Gasteiger partial charge in [0.25, 0.3) is 0 Å². The zero-order chi connectivity index (χ0) is 11.7.